The Kier molecular flexibility index (Phi) is 16.1. The fourth-order valence-corrected chi connectivity index (χ4v) is 15.2. The Bertz CT molecular complexity index is 2360. The average molecular weight is 995 g/mol. The molecule has 6 aliphatic carbocycles. The Morgan fingerprint density at radius 3 is 2.11 bits per heavy atom. The van der Waals surface area contributed by atoms with Crippen molar-refractivity contribution < 1.29 is 63.7 Å². The van der Waals surface area contributed by atoms with E-state index in [0.717, 1.165) is 24.6 Å². The van der Waals surface area contributed by atoms with E-state index in [1.807, 2.05) is 46.8 Å². The van der Waals surface area contributed by atoms with Gasteiger partial charge in [0.25, 0.3) is 0 Å². The van der Waals surface area contributed by atoms with Crippen molar-refractivity contribution in [3.05, 3.63) is 52.4 Å². The molecule has 5 saturated carbocycles. The number of carbonyl (C=O) groups excluding carboxylic acids is 3. The minimum Gasteiger partial charge on any atom is -0.493 e. The molecule has 71 heavy (non-hydrogen) atoms. The zero-order valence-corrected chi connectivity index (χ0v) is 44.8. The molecular formula is C57H86O14. The third-order valence-corrected chi connectivity index (χ3v) is 19.1. The van der Waals surface area contributed by atoms with E-state index in [0.29, 0.717) is 68.5 Å². The van der Waals surface area contributed by atoms with E-state index < -0.39 is 75.0 Å². The highest BCUT2D eigenvalue weighted by molar-refractivity contribution is 5.95. The fraction of sp³-hybridized carbons (Fsp3) is 0.754. The van der Waals surface area contributed by atoms with E-state index in [9.17, 15) is 49.8 Å². The number of carbonyl (C=O) groups is 3. The number of aliphatic hydroxyl groups excluding tert-OH is 2. The van der Waals surface area contributed by atoms with Crippen LogP contribution in [0.1, 0.15) is 167 Å². The molecular weight excluding hydrogens is 909 g/mol. The van der Waals surface area contributed by atoms with Crippen LogP contribution in [0, 0.1) is 51.2 Å². The van der Waals surface area contributed by atoms with Gasteiger partial charge in [-0.3, -0.25) is 14.4 Å². The quantitative estimate of drug-likeness (QED) is 0.0975. The summed E-state index contributed by atoms with van der Waals surface area (Å²) in [7, 11) is 0. The van der Waals surface area contributed by atoms with Gasteiger partial charge < -0.3 is 49.3 Å². The molecule has 12 unspecified atom stereocenters. The third kappa shape index (κ3) is 10.6. The van der Waals surface area contributed by atoms with Crippen LogP contribution < -0.4 is 10.4 Å². The summed E-state index contributed by atoms with van der Waals surface area (Å²) < 4.78 is 22.6. The number of esters is 2. The van der Waals surface area contributed by atoms with E-state index in [1.54, 1.807) is 39.0 Å². The zero-order chi connectivity index (χ0) is 53.1. The Hall–Kier alpha value is -3.66. The summed E-state index contributed by atoms with van der Waals surface area (Å²) in [6.07, 6.45) is 5.23. The molecule has 15 atom stereocenters. The smallest absolute Gasteiger partial charge is 0.336 e. The van der Waals surface area contributed by atoms with Crippen LogP contribution in [-0.2, 0) is 23.9 Å². The first-order valence-corrected chi connectivity index (χ1v) is 26.3. The van der Waals surface area contributed by atoms with Crippen molar-refractivity contribution in [2.75, 3.05) is 6.61 Å². The molecule has 8 rings (SSSR count). The SMILES string of the molecule is CC.CC(=O)OC1CC2(C)C(CC1O)C(=O)C=C1C2CCC2(C)C(C(C)(O)C(O)CCC(C)(C)O)CCC12O.CC(=O)OC1CC[C@]2(C)C(CC[C@@](C)(O)[C@H]2COc2ccc3ccc(=O)oc3c2)C1(C)C. The van der Waals surface area contributed by atoms with E-state index in [-0.39, 0.29) is 59.3 Å². The van der Waals surface area contributed by atoms with Gasteiger partial charge in [0, 0.05) is 54.0 Å². The van der Waals surface area contributed by atoms with Crippen molar-refractivity contribution in [3.8, 4) is 5.75 Å². The van der Waals surface area contributed by atoms with Crippen molar-refractivity contribution in [2.45, 2.75) is 214 Å². The molecule has 1 aromatic heterocycles. The Morgan fingerprint density at radius 2 is 1.48 bits per heavy atom. The number of fused-ring (bicyclic) bond motifs is 7. The molecule has 0 bridgehead atoms. The number of hydrogen-bond acceptors (Lipinski definition) is 14. The molecule has 1 heterocycles. The van der Waals surface area contributed by atoms with Crippen LogP contribution in [0.3, 0.4) is 0 Å². The maximum atomic E-state index is 13.4. The highest BCUT2D eigenvalue weighted by Gasteiger charge is 2.69. The second kappa shape index (κ2) is 20.2. The average Bonchev–Trinajstić information content (AvgIpc) is 3.56. The molecule has 0 saturated heterocycles. The Balaban J connectivity index is 0.000000227. The molecule has 1 aromatic carbocycles. The number of benzene rings is 1. The molecule has 14 heteroatoms. The van der Waals surface area contributed by atoms with Gasteiger partial charge in [-0.2, -0.15) is 0 Å². The summed E-state index contributed by atoms with van der Waals surface area (Å²) in [5, 5.41) is 67.9. The molecule has 0 amide bonds. The van der Waals surface area contributed by atoms with Gasteiger partial charge in [-0.15, -0.1) is 0 Å². The Morgan fingerprint density at radius 1 is 0.831 bits per heavy atom. The van der Waals surface area contributed by atoms with Crippen molar-refractivity contribution in [3.63, 3.8) is 0 Å². The normalized spacial score (nSPS) is 38.4. The predicted octanol–water partition coefficient (Wildman–Crippen LogP) is 8.16. The van der Waals surface area contributed by atoms with Crippen LogP contribution in [0.2, 0.25) is 0 Å². The van der Waals surface area contributed by atoms with E-state index in [4.69, 9.17) is 18.6 Å². The van der Waals surface area contributed by atoms with Crippen molar-refractivity contribution in [1.82, 2.24) is 0 Å². The second-order valence-electron chi connectivity index (χ2n) is 24.5. The minimum absolute atomic E-state index is 0.0928. The second-order valence-corrected chi connectivity index (χ2v) is 24.5. The highest BCUT2D eigenvalue weighted by atomic mass is 16.6. The first-order valence-electron chi connectivity index (χ1n) is 26.3. The van der Waals surface area contributed by atoms with Crippen LogP contribution in [0.15, 0.2) is 51.2 Å². The minimum atomic E-state index is -1.49. The van der Waals surface area contributed by atoms with Crippen LogP contribution in [0.25, 0.3) is 11.0 Å². The first-order chi connectivity index (χ1) is 32.8. The number of hydrogen-bond donors (Lipinski definition) is 6. The number of rotatable bonds is 10. The molecule has 14 nitrogen and oxygen atoms in total. The van der Waals surface area contributed by atoms with Gasteiger partial charge in [0.2, 0.25) is 0 Å². The molecule has 5 fully saturated rings. The third-order valence-electron chi connectivity index (χ3n) is 19.1. The van der Waals surface area contributed by atoms with Crippen LogP contribution in [0.5, 0.6) is 5.75 Å². The lowest BCUT2D eigenvalue weighted by molar-refractivity contribution is -0.210. The summed E-state index contributed by atoms with van der Waals surface area (Å²) in [5.74, 6) is -0.969. The van der Waals surface area contributed by atoms with E-state index in [2.05, 4.69) is 20.8 Å². The predicted molar refractivity (Wildman–Crippen MR) is 269 cm³/mol. The topological polar surface area (TPSA) is 230 Å². The summed E-state index contributed by atoms with van der Waals surface area (Å²) >= 11 is 0. The highest BCUT2D eigenvalue weighted by Crippen LogP contribution is 2.69. The maximum Gasteiger partial charge on any atom is 0.336 e. The number of allylic oxidation sites excluding steroid dienone is 1. The summed E-state index contributed by atoms with van der Waals surface area (Å²) in [4.78, 5) is 48.4. The molecule has 0 spiro atoms. The molecule has 0 aliphatic heterocycles. The van der Waals surface area contributed by atoms with E-state index >= 15 is 0 Å². The van der Waals surface area contributed by atoms with Gasteiger partial charge in [-0.1, -0.05) is 48.5 Å². The molecule has 6 aliphatic rings. The molecule has 2 aromatic rings. The number of ketones is 1. The van der Waals surface area contributed by atoms with Gasteiger partial charge in [0.05, 0.1) is 41.2 Å². The number of ether oxygens (including phenoxy) is 3. The van der Waals surface area contributed by atoms with Crippen LogP contribution in [-0.4, -0.2) is 102 Å². The largest absolute Gasteiger partial charge is 0.493 e. The van der Waals surface area contributed by atoms with Crippen molar-refractivity contribution >= 4 is 28.7 Å². The standard InChI is InChI=1S/C29H46O8.C26H34O6.C2H6/c1-16(30)37-22-15-26(4)17-7-11-27(5)23(28(6,35)24(33)9-10-25(2,3)34)8-12-29(27,36)18(17)13-20(31)19(26)14-21(22)32;1-16(27)31-22-11-12-25(4)20(24(22,2)3)10-13-26(5,29)21(25)15-30-18-8-6-17-7-9-23(28)32-19(17)14-18;1-2/h13,17,19,21-24,32-36H,7-12,14-15H2,1-6H3;6-9,14,20-22,29H,10-13,15H2,1-5H3;1-2H3/t;20?,21-,22?,25+,26+;/m.0./s1. The van der Waals surface area contributed by atoms with Gasteiger partial charge >= 0.3 is 17.6 Å². The Labute approximate surface area is 420 Å². The lowest BCUT2D eigenvalue weighted by atomic mass is 9.45. The van der Waals surface area contributed by atoms with Crippen molar-refractivity contribution in [1.29, 1.82) is 0 Å². The monoisotopic (exact) mass is 995 g/mol. The maximum absolute atomic E-state index is 13.4. The molecule has 6 N–H and O–H groups in total. The van der Waals surface area contributed by atoms with Crippen LogP contribution in [0.4, 0.5) is 0 Å². The fourth-order valence-electron chi connectivity index (χ4n) is 15.2. The van der Waals surface area contributed by atoms with Gasteiger partial charge in [-0.25, -0.2) is 4.79 Å². The zero-order valence-electron chi connectivity index (χ0n) is 44.8. The number of aliphatic hydroxyl groups is 6. The van der Waals surface area contributed by atoms with Crippen LogP contribution >= 0.6 is 0 Å². The molecule has 398 valence electrons. The summed E-state index contributed by atoms with van der Waals surface area (Å²) in [6.45, 7) is 24.6. The lowest BCUT2D eigenvalue weighted by Gasteiger charge is -2.62. The van der Waals surface area contributed by atoms with Gasteiger partial charge in [-0.05, 0) is 163 Å². The first kappa shape index (κ1) is 56.6. The van der Waals surface area contributed by atoms with Crippen molar-refractivity contribution in [2.24, 2.45) is 51.2 Å². The lowest BCUT2D eigenvalue weighted by Crippen LogP contribution is -2.63. The van der Waals surface area contributed by atoms with E-state index in [1.165, 1.54) is 19.9 Å². The summed E-state index contributed by atoms with van der Waals surface area (Å²) in [5.41, 5.74) is -5.56. The molecule has 0 radical (unpaired) electrons. The van der Waals surface area contributed by atoms with Gasteiger partial charge in [0.15, 0.2) is 5.78 Å². The van der Waals surface area contributed by atoms with Gasteiger partial charge in [0.1, 0.15) is 23.5 Å². The summed E-state index contributed by atoms with van der Waals surface area (Å²) in [6, 6.07) is 8.59.